The molecule has 0 aliphatic rings. The summed E-state index contributed by atoms with van der Waals surface area (Å²) in [6, 6.07) is 13.3. The van der Waals surface area contributed by atoms with Crippen LogP contribution in [0.4, 0.5) is 0 Å². The summed E-state index contributed by atoms with van der Waals surface area (Å²) >= 11 is 0. The second-order valence-corrected chi connectivity index (χ2v) is 4.61. The number of carbonyl (C=O) groups excluding carboxylic acids is 1. The number of ether oxygens (including phenoxy) is 1. The van der Waals surface area contributed by atoms with Crippen molar-refractivity contribution in [2.45, 2.75) is 20.8 Å². The molecule has 0 amide bonds. The Hall–Kier alpha value is -2.09. The van der Waals surface area contributed by atoms with Gasteiger partial charge in [0.1, 0.15) is 5.75 Å². The molecule has 0 bridgehead atoms. The molecule has 0 fully saturated rings. The topological polar surface area (TPSA) is 26.3 Å². The van der Waals surface area contributed by atoms with Crippen molar-refractivity contribution in [3.63, 3.8) is 0 Å². The minimum absolute atomic E-state index is 0.0442. The molecule has 98 valence electrons. The molecule has 0 saturated carbocycles. The van der Waals surface area contributed by atoms with E-state index < -0.39 is 0 Å². The minimum atomic E-state index is 0.0442. The zero-order valence-electron chi connectivity index (χ0n) is 11.6. The van der Waals surface area contributed by atoms with Crippen molar-refractivity contribution in [3.05, 3.63) is 64.7 Å². The van der Waals surface area contributed by atoms with Crippen LogP contribution >= 0.6 is 0 Å². The molecule has 0 aliphatic heterocycles. The third kappa shape index (κ3) is 3.02. The molecule has 0 aromatic heterocycles. The highest BCUT2D eigenvalue weighted by molar-refractivity contribution is 6.10. The molecule has 2 heteroatoms. The normalized spacial score (nSPS) is 10.3. The number of aryl methyl sites for hydroxylation is 2. The van der Waals surface area contributed by atoms with Gasteiger partial charge in [-0.25, -0.2) is 0 Å². The van der Waals surface area contributed by atoms with E-state index in [1.165, 1.54) is 0 Å². The largest absolute Gasteiger partial charge is 0.494 e. The fraction of sp³-hybridized carbons (Fsp3) is 0.235. The molecule has 2 aromatic carbocycles. The standard InChI is InChI=1S/C17H18O2/c1-4-19-15-7-5-6-14(11-15)17(18)16-10-12(2)8-9-13(16)3/h5-11H,4H2,1-3H3. The first-order valence-electron chi connectivity index (χ1n) is 6.46. The Kier molecular flexibility index (Phi) is 4.00. The number of hydrogen-bond donors (Lipinski definition) is 0. The molecule has 0 unspecified atom stereocenters. The number of ketones is 1. The van der Waals surface area contributed by atoms with E-state index in [1.807, 2.05) is 57.2 Å². The van der Waals surface area contributed by atoms with Crippen molar-refractivity contribution in [2.75, 3.05) is 6.61 Å². The second kappa shape index (κ2) is 5.70. The Balaban J connectivity index is 2.38. The van der Waals surface area contributed by atoms with Crippen LogP contribution in [0.25, 0.3) is 0 Å². The molecule has 0 spiro atoms. The molecule has 0 atom stereocenters. The summed E-state index contributed by atoms with van der Waals surface area (Å²) in [5.41, 5.74) is 3.51. The van der Waals surface area contributed by atoms with Crippen molar-refractivity contribution >= 4 is 5.78 Å². The molecule has 19 heavy (non-hydrogen) atoms. The lowest BCUT2D eigenvalue weighted by molar-refractivity contribution is 0.103. The van der Waals surface area contributed by atoms with E-state index in [1.54, 1.807) is 6.07 Å². The van der Waals surface area contributed by atoms with E-state index in [0.717, 1.165) is 22.4 Å². The van der Waals surface area contributed by atoms with Gasteiger partial charge in [0.25, 0.3) is 0 Å². The van der Waals surface area contributed by atoms with E-state index in [-0.39, 0.29) is 5.78 Å². The molecular formula is C17H18O2. The first kappa shape index (κ1) is 13.3. The van der Waals surface area contributed by atoms with Gasteiger partial charge in [-0.2, -0.15) is 0 Å². The van der Waals surface area contributed by atoms with Gasteiger partial charge >= 0.3 is 0 Å². The fourth-order valence-electron chi connectivity index (χ4n) is 2.03. The van der Waals surface area contributed by atoms with E-state index in [4.69, 9.17) is 4.74 Å². The minimum Gasteiger partial charge on any atom is -0.494 e. The average molecular weight is 254 g/mol. The Bertz CT molecular complexity index is 600. The lowest BCUT2D eigenvalue weighted by Gasteiger charge is -2.08. The Morgan fingerprint density at radius 3 is 2.63 bits per heavy atom. The van der Waals surface area contributed by atoms with Crippen LogP contribution in [-0.4, -0.2) is 12.4 Å². The van der Waals surface area contributed by atoms with E-state index in [2.05, 4.69) is 0 Å². The predicted molar refractivity (Wildman–Crippen MR) is 77.0 cm³/mol. The number of rotatable bonds is 4. The SMILES string of the molecule is CCOc1cccc(C(=O)c2cc(C)ccc2C)c1. The summed E-state index contributed by atoms with van der Waals surface area (Å²) in [6.07, 6.45) is 0. The van der Waals surface area contributed by atoms with Crippen molar-refractivity contribution in [2.24, 2.45) is 0 Å². The zero-order chi connectivity index (χ0) is 13.8. The predicted octanol–water partition coefficient (Wildman–Crippen LogP) is 3.93. The van der Waals surface area contributed by atoms with E-state index in [9.17, 15) is 4.79 Å². The van der Waals surface area contributed by atoms with Gasteiger partial charge in [-0.1, -0.05) is 29.8 Å². The summed E-state index contributed by atoms with van der Waals surface area (Å²) in [4.78, 5) is 12.5. The Morgan fingerprint density at radius 2 is 1.89 bits per heavy atom. The zero-order valence-corrected chi connectivity index (χ0v) is 11.6. The third-order valence-electron chi connectivity index (χ3n) is 3.04. The smallest absolute Gasteiger partial charge is 0.193 e. The Morgan fingerprint density at radius 1 is 1.11 bits per heavy atom. The van der Waals surface area contributed by atoms with Crippen LogP contribution in [0.2, 0.25) is 0 Å². The molecule has 0 heterocycles. The van der Waals surface area contributed by atoms with Crippen LogP contribution in [0.3, 0.4) is 0 Å². The van der Waals surface area contributed by atoms with Crippen molar-refractivity contribution in [1.29, 1.82) is 0 Å². The second-order valence-electron chi connectivity index (χ2n) is 4.61. The van der Waals surface area contributed by atoms with Gasteiger partial charge in [-0.05, 0) is 44.5 Å². The molecular weight excluding hydrogens is 236 g/mol. The van der Waals surface area contributed by atoms with E-state index >= 15 is 0 Å². The monoisotopic (exact) mass is 254 g/mol. The number of hydrogen-bond acceptors (Lipinski definition) is 2. The molecule has 0 N–H and O–H groups in total. The van der Waals surface area contributed by atoms with Gasteiger partial charge in [-0.15, -0.1) is 0 Å². The van der Waals surface area contributed by atoms with Crippen molar-refractivity contribution in [3.8, 4) is 5.75 Å². The summed E-state index contributed by atoms with van der Waals surface area (Å²) in [5, 5.41) is 0. The maximum atomic E-state index is 12.5. The summed E-state index contributed by atoms with van der Waals surface area (Å²) in [7, 11) is 0. The number of benzene rings is 2. The Labute approximate surface area is 114 Å². The molecule has 2 rings (SSSR count). The van der Waals surface area contributed by atoms with Crippen LogP contribution in [0, 0.1) is 13.8 Å². The molecule has 2 nitrogen and oxygen atoms in total. The summed E-state index contributed by atoms with van der Waals surface area (Å²) < 4.78 is 5.43. The van der Waals surface area contributed by atoms with Crippen molar-refractivity contribution < 1.29 is 9.53 Å². The first-order valence-corrected chi connectivity index (χ1v) is 6.46. The quantitative estimate of drug-likeness (QED) is 0.773. The average Bonchev–Trinajstić information content (AvgIpc) is 2.41. The van der Waals surface area contributed by atoms with Crippen LogP contribution in [0.1, 0.15) is 34.0 Å². The third-order valence-corrected chi connectivity index (χ3v) is 3.04. The maximum Gasteiger partial charge on any atom is 0.193 e. The highest BCUT2D eigenvalue weighted by Crippen LogP contribution is 2.19. The molecule has 0 radical (unpaired) electrons. The van der Waals surface area contributed by atoms with Gasteiger partial charge in [0.2, 0.25) is 0 Å². The summed E-state index contributed by atoms with van der Waals surface area (Å²) in [5.74, 6) is 0.779. The highest BCUT2D eigenvalue weighted by Gasteiger charge is 2.12. The van der Waals surface area contributed by atoms with E-state index in [0.29, 0.717) is 12.2 Å². The maximum absolute atomic E-state index is 12.5. The van der Waals surface area contributed by atoms with Crippen molar-refractivity contribution in [1.82, 2.24) is 0 Å². The lowest BCUT2D eigenvalue weighted by atomic mass is 9.97. The van der Waals surface area contributed by atoms with Crippen LogP contribution in [0.15, 0.2) is 42.5 Å². The highest BCUT2D eigenvalue weighted by atomic mass is 16.5. The molecule has 0 saturated heterocycles. The van der Waals surface area contributed by atoms with Gasteiger partial charge in [-0.3, -0.25) is 4.79 Å². The fourth-order valence-corrected chi connectivity index (χ4v) is 2.03. The number of carbonyl (C=O) groups is 1. The molecule has 2 aromatic rings. The van der Waals surface area contributed by atoms with Crippen LogP contribution < -0.4 is 4.74 Å². The van der Waals surface area contributed by atoms with Gasteiger partial charge in [0.15, 0.2) is 5.78 Å². The molecule has 0 aliphatic carbocycles. The van der Waals surface area contributed by atoms with Gasteiger partial charge in [0, 0.05) is 11.1 Å². The lowest BCUT2D eigenvalue weighted by Crippen LogP contribution is -2.04. The van der Waals surface area contributed by atoms with Gasteiger partial charge < -0.3 is 4.74 Å². The van der Waals surface area contributed by atoms with Crippen LogP contribution in [0.5, 0.6) is 5.75 Å². The van der Waals surface area contributed by atoms with Gasteiger partial charge in [0.05, 0.1) is 6.61 Å². The summed E-state index contributed by atoms with van der Waals surface area (Å²) in [6.45, 7) is 6.48. The van der Waals surface area contributed by atoms with Crippen LogP contribution in [-0.2, 0) is 0 Å². The first-order chi connectivity index (χ1) is 9.11.